The molecule has 0 saturated heterocycles. The first-order valence-corrected chi connectivity index (χ1v) is 8.80. The Balaban J connectivity index is 0.00000420. The van der Waals surface area contributed by atoms with Gasteiger partial charge in [-0.2, -0.15) is 26.3 Å². The van der Waals surface area contributed by atoms with E-state index in [1.165, 1.54) is 19.3 Å². The lowest BCUT2D eigenvalue weighted by Gasteiger charge is -2.31. The molecule has 0 spiro atoms. The summed E-state index contributed by atoms with van der Waals surface area (Å²) >= 11 is 0. The highest BCUT2D eigenvalue weighted by Crippen LogP contribution is 2.37. The highest BCUT2D eigenvalue weighted by molar-refractivity contribution is 14.0. The predicted octanol–water partition coefficient (Wildman–Crippen LogP) is 4.38. The van der Waals surface area contributed by atoms with E-state index in [2.05, 4.69) is 20.6 Å². The Morgan fingerprint density at radius 2 is 1.83 bits per heavy atom. The Labute approximate surface area is 181 Å². The van der Waals surface area contributed by atoms with Crippen molar-refractivity contribution in [2.75, 3.05) is 20.2 Å². The molecule has 2 N–H and O–H groups in total. The summed E-state index contributed by atoms with van der Waals surface area (Å²) in [5.74, 6) is -1.42. The summed E-state index contributed by atoms with van der Waals surface area (Å²) in [5.41, 5.74) is -0.959. The second-order valence-corrected chi connectivity index (χ2v) is 6.44. The Morgan fingerprint density at radius 1 is 1.17 bits per heavy atom. The van der Waals surface area contributed by atoms with Crippen LogP contribution in [-0.4, -0.2) is 43.4 Å². The number of hydrogen-bond donors (Lipinski definition) is 2. The van der Waals surface area contributed by atoms with E-state index in [1.807, 2.05) is 0 Å². The van der Waals surface area contributed by atoms with Crippen LogP contribution in [0, 0.1) is 5.92 Å². The zero-order valence-corrected chi connectivity index (χ0v) is 17.9. The van der Waals surface area contributed by atoms with Crippen LogP contribution < -0.4 is 15.4 Å². The van der Waals surface area contributed by atoms with Crippen LogP contribution in [0.4, 0.5) is 26.3 Å². The number of hydrogen-bond acceptors (Lipinski definition) is 3. The standard InChI is InChI=1S/C17H22F6N4O.HI/c1-24-15(27-12-6-4-11(5-7-12)16(18,19)20)26-9-10-28-14-13(17(21,22)23)3-2-8-25-14;/h2-3,8,11-12H,4-7,9-10H2,1H3,(H2,24,26,27);1H. The summed E-state index contributed by atoms with van der Waals surface area (Å²) in [6.07, 6.45) is -6.68. The molecular weight excluding hydrogens is 517 g/mol. The number of aromatic nitrogens is 1. The van der Waals surface area contributed by atoms with E-state index >= 15 is 0 Å². The molecule has 12 heteroatoms. The lowest BCUT2D eigenvalue weighted by Crippen LogP contribution is -2.46. The number of rotatable bonds is 5. The Hall–Kier alpha value is -1.47. The molecule has 1 heterocycles. The van der Waals surface area contributed by atoms with Gasteiger partial charge in [0.15, 0.2) is 5.96 Å². The molecular formula is C17H23F6IN4O. The van der Waals surface area contributed by atoms with Crippen LogP contribution in [0.5, 0.6) is 5.88 Å². The molecule has 1 aromatic heterocycles. The molecule has 166 valence electrons. The molecule has 0 amide bonds. The van der Waals surface area contributed by atoms with Crippen molar-refractivity contribution in [3.8, 4) is 5.88 Å². The van der Waals surface area contributed by atoms with Crippen LogP contribution in [0.1, 0.15) is 31.2 Å². The quantitative estimate of drug-likeness (QED) is 0.192. The second-order valence-electron chi connectivity index (χ2n) is 6.44. The van der Waals surface area contributed by atoms with Crippen molar-refractivity contribution in [2.45, 2.75) is 44.1 Å². The maximum Gasteiger partial charge on any atom is 0.421 e. The van der Waals surface area contributed by atoms with Crippen LogP contribution in [0.25, 0.3) is 0 Å². The summed E-state index contributed by atoms with van der Waals surface area (Å²) in [6, 6.07) is 1.92. The molecule has 1 aliphatic rings. The van der Waals surface area contributed by atoms with Gasteiger partial charge in [0, 0.05) is 19.3 Å². The lowest BCUT2D eigenvalue weighted by atomic mass is 9.85. The van der Waals surface area contributed by atoms with E-state index in [4.69, 9.17) is 4.74 Å². The molecule has 2 rings (SSSR count). The molecule has 1 aromatic rings. The van der Waals surface area contributed by atoms with Gasteiger partial charge in [-0.15, -0.1) is 24.0 Å². The molecule has 29 heavy (non-hydrogen) atoms. The third-order valence-corrected chi connectivity index (χ3v) is 4.46. The summed E-state index contributed by atoms with van der Waals surface area (Å²) in [5, 5.41) is 5.90. The van der Waals surface area contributed by atoms with Gasteiger partial charge >= 0.3 is 12.4 Å². The van der Waals surface area contributed by atoms with Crippen LogP contribution in [-0.2, 0) is 6.18 Å². The maximum absolute atomic E-state index is 12.9. The molecule has 1 fully saturated rings. The van der Waals surface area contributed by atoms with Gasteiger partial charge in [0.25, 0.3) is 0 Å². The van der Waals surface area contributed by atoms with Gasteiger partial charge in [0.1, 0.15) is 12.2 Å². The van der Waals surface area contributed by atoms with Crippen LogP contribution in [0.15, 0.2) is 23.3 Å². The molecule has 0 radical (unpaired) electrons. The van der Waals surface area contributed by atoms with E-state index in [1.54, 1.807) is 0 Å². The van der Waals surface area contributed by atoms with Crippen molar-refractivity contribution in [1.29, 1.82) is 0 Å². The second kappa shape index (κ2) is 11.1. The topological polar surface area (TPSA) is 58.5 Å². The van der Waals surface area contributed by atoms with Gasteiger partial charge < -0.3 is 15.4 Å². The van der Waals surface area contributed by atoms with Crippen molar-refractivity contribution in [2.24, 2.45) is 10.9 Å². The van der Waals surface area contributed by atoms with Gasteiger partial charge in [-0.25, -0.2) is 4.98 Å². The highest BCUT2D eigenvalue weighted by atomic mass is 127. The normalized spacial score (nSPS) is 20.6. The first-order chi connectivity index (χ1) is 13.1. The third kappa shape index (κ3) is 8.05. The molecule has 5 nitrogen and oxygen atoms in total. The first kappa shape index (κ1) is 25.6. The first-order valence-electron chi connectivity index (χ1n) is 8.80. The van der Waals surface area contributed by atoms with E-state index in [0.717, 1.165) is 6.07 Å². The number of pyridine rings is 1. The van der Waals surface area contributed by atoms with Crippen molar-refractivity contribution in [3.05, 3.63) is 23.9 Å². The largest absolute Gasteiger partial charge is 0.475 e. The SMILES string of the molecule is CN=C(NCCOc1ncccc1C(F)(F)F)NC1CCC(C(F)(F)F)CC1.I. The maximum atomic E-state index is 12.9. The van der Waals surface area contributed by atoms with Crippen LogP contribution >= 0.6 is 24.0 Å². The van der Waals surface area contributed by atoms with Gasteiger partial charge in [-0.1, -0.05) is 0 Å². The number of guanidine groups is 1. The number of nitrogens with one attached hydrogen (secondary N) is 2. The zero-order valence-electron chi connectivity index (χ0n) is 15.6. The minimum atomic E-state index is -4.57. The Bertz CT molecular complexity index is 660. The van der Waals surface area contributed by atoms with Gasteiger partial charge in [-0.3, -0.25) is 4.99 Å². The Morgan fingerprint density at radius 3 is 2.38 bits per heavy atom. The lowest BCUT2D eigenvalue weighted by molar-refractivity contribution is -0.182. The minimum Gasteiger partial charge on any atom is -0.475 e. The van der Waals surface area contributed by atoms with Crippen molar-refractivity contribution in [1.82, 2.24) is 15.6 Å². The van der Waals surface area contributed by atoms with Crippen molar-refractivity contribution < 1.29 is 31.1 Å². The molecule has 0 bridgehead atoms. The van der Waals surface area contributed by atoms with Gasteiger partial charge in [0.05, 0.1) is 12.5 Å². The average Bonchev–Trinajstić information content (AvgIpc) is 2.63. The van der Waals surface area contributed by atoms with E-state index < -0.39 is 29.7 Å². The zero-order chi connectivity index (χ0) is 20.8. The van der Waals surface area contributed by atoms with Gasteiger partial charge in [0.2, 0.25) is 5.88 Å². The summed E-state index contributed by atoms with van der Waals surface area (Å²) in [7, 11) is 1.50. The van der Waals surface area contributed by atoms with Crippen molar-refractivity contribution >= 4 is 29.9 Å². The van der Waals surface area contributed by atoms with Crippen LogP contribution in [0.3, 0.4) is 0 Å². The minimum absolute atomic E-state index is 0. The molecule has 1 aliphatic carbocycles. The molecule has 1 saturated carbocycles. The molecule has 0 atom stereocenters. The fraction of sp³-hybridized carbons (Fsp3) is 0.647. The number of alkyl halides is 6. The van der Waals surface area contributed by atoms with Crippen molar-refractivity contribution in [3.63, 3.8) is 0 Å². The predicted molar refractivity (Wildman–Crippen MR) is 106 cm³/mol. The highest BCUT2D eigenvalue weighted by Gasteiger charge is 2.41. The molecule has 0 aliphatic heterocycles. The fourth-order valence-corrected chi connectivity index (χ4v) is 2.99. The Kier molecular flexibility index (Phi) is 9.76. The van der Waals surface area contributed by atoms with Crippen LogP contribution in [0.2, 0.25) is 0 Å². The molecule has 0 aromatic carbocycles. The van der Waals surface area contributed by atoms with Gasteiger partial charge in [-0.05, 0) is 37.8 Å². The summed E-state index contributed by atoms with van der Waals surface area (Å²) in [6.45, 7) is 0.0487. The number of aliphatic imine (C=N–C) groups is 1. The monoisotopic (exact) mass is 540 g/mol. The average molecular weight is 540 g/mol. The number of ether oxygens (including phenoxy) is 1. The van der Waals surface area contributed by atoms with E-state index in [9.17, 15) is 26.3 Å². The van der Waals surface area contributed by atoms with E-state index in [-0.39, 0.29) is 56.0 Å². The number of halogens is 7. The third-order valence-electron chi connectivity index (χ3n) is 4.46. The smallest absolute Gasteiger partial charge is 0.421 e. The summed E-state index contributed by atoms with van der Waals surface area (Å²) in [4.78, 5) is 7.57. The fourth-order valence-electron chi connectivity index (χ4n) is 2.99. The molecule has 0 unspecified atom stereocenters. The summed E-state index contributed by atoms with van der Waals surface area (Å²) < 4.78 is 81.8. The number of nitrogens with zero attached hydrogens (tertiary/aromatic N) is 2. The van der Waals surface area contributed by atoms with E-state index in [0.29, 0.717) is 18.8 Å².